The molecule has 18 heavy (non-hydrogen) atoms. The highest BCUT2D eigenvalue weighted by atomic mass is 35.5. The summed E-state index contributed by atoms with van der Waals surface area (Å²) in [5.74, 6) is 0.378. The number of nitrogens with zero attached hydrogens (tertiary/aromatic N) is 3. The minimum absolute atomic E-state index is 0.223. The van der Waals surface area contributed by atoms with Crippen molar-refractivity contribution in [2.75, 3.05) is 7.05 Å². The SMILES string of the molecule is CN(Cc1ncn[nH]1)C(=O)c1cccc(Cl)c1Cl. The van der Waals surface area contributed by atoms with Gasteiger partial charge in [0, 0.05) is 7.05 Å². The normalized spacial score (nSPS) is 10.4. The van der Waals surface area contributed by atoms with Gasteiger partial charge in [0.25, 0.3) is 5.91 Å². The summed E-state index contributed by atoms with van der Waals surface area (Å²) < 4.78 is 0. The maximum atomic E-state index is 12.2. The number of aromatic nitrogens is 3. The molecule has 0 radical (unpaired) electrons. The second-order valence-electron chi connectivity index (χ2n) is 3.69. The Kier molecular flexibility index (Phi) is 3.84. The molecule has 0 saturated carbocycles. The number of benzene rings is 1. The number of hydrogen-bond donors (Lipinski definition) is 1. The molecule has 5 nitrogen and oxygen atoms in total. The van der Waals surface area contributed by atoms with Crippen molar-refractivity contribution < 1.29 is 4.79 Å². The summed E-state index contributed by atoms with van der Waals surface area (Å²) in [6.07, 6.45) is 1.39. The first-order valence-corrected chi connectivity index (χ1v) is 5.89. The zero-order valence-corrected chi connectivity index (χ0v) is 11.0. The quantitative estimate of drug-likeness (QED) is 0.941. The summed E-state index contributed by atoms with van der Waals surface area (Å²) in [4.78, 5) is 17.6. The first kappa shape index (κ1) is 12.9. The number of aromatic amines is 1. The molecule has 0 spiro atoms. The third-order valence-corrected chi connectivity index (χ3v) is 3.20. The van der Waals surface area contributed by atoms with E-state index in [4.69, 9.17) is 23.2 Å². The molecule has 94 valence electrons. The van der Waals surface area contributed by atoms with Crippen LogP contribution in [0.2, 0.25) is 10.0 Å². The van der Waals surface area contributed by atoms with Gasteiger partial charge in [0.2, 0.25) is 0 Å². The van der Waals surface area contributed by atoms with Crippen LogP contribution in [-0.4, -0.2) is 33.0 Å². The van der Waals surface area contributed by atoms with E-state index in [-0.39, 0.29) is 10.9 Å². The van der Waals surface area contributed by atoms with Crippen molar-refractivity contribution in [2.45, 2.75) is 6.54 Å². The minimum Gasteiger partial charge on any atom is -0.334 e. The smallest absolute Gasteiger partial charge is 0.255 e. The Hall–Kier alpha value is -1.59. The van der Waals surface area contributed by atoms with E-state index in [1.807, 2.05) is 0 Å². The van der Waals surface area contributed by atoms with E-state index in [1.165, 1.54) is 11.2 Å². The van der Waals surface area contributed by atoms with E-state index in [2.05, 4.69) is 15.2 Å². The summed E-state index contributed by atoms with van der Waals surface area (Å²) >= 11 is 11.9. The van der Waals surface area contributed by atoms with Crippen LogP contribution in [0.3, 0.4) is 0 Å². The predicted octanol–water partition coefficient (Wildman–Crippen LogP) is 2.38. The summed E-state index contributed by atoms with van der Waals surface area (Å²) in [6.45, 7) is 0.321. The average molecular weight is 285 g/mol. The lowest BCUT2D eigenvalue weighted by atomic mass is 10.2. The van der Waals surface area contributed by atoms with Gasteiger partial charge in [-0.1, -0.05) is 29.3 Å². The Labute approximate surface area is 114 Å². The Morgan fingerprint density at radius 3 is 2.89 bits per heavy atom. The molecule has 0 fully saturated rings. The number of carbonyl (C=O) groups is 1. The topological polar surface area (TPSA) is 61.9 Å². The second kappa shape index (κ2) is 5.37. The third-order valence-electron chi connectivity index (χ3n) is 2.38. The summed E-state index contributed by atoms with van der Waals surface area (Å²) in [7, 11) is 1.65. The fourth-order valence-electron chi connectivity index (χ4n) is 1.48. The van der Waals surface area contributed by atoms with Gasteiger partial charge in [-0.3, -0.25) is 9.89 Å². The molecule has 1 heterocycles. The third kappa shape index (κ3) is 2.63. The van der Waals surface area contributed by atoms with Gasteiger partial charge >= 0.3 is 0 Å². The van der Waals surface area contributed by atoms with Crippen LogP contribution in [0.5, 0.6) is 0 Å². The van der Waals surface area contributed by atoms with Crippen molar-refractivity contribution in [1.82, 2.24) is 20.1 Å². The van der Waals surface area contributed by atoms with E-state index >= 15 is 0 Å². The lowest BCUT2D eigenvalue weighted by Gasteiger charge is -2.16. The maximum absolute atomic E-state index is 12.2. The van der Waals surface area contributed by atoms with Gasteiger partial charge in [-0.05, 0) is 12.1 Å². The van der Waals surface area contributed by atoms with E-state index < -0.39 is 0 Å². The van der Waals surface area contributed by atoms with Crippen molar-refractivity contribution in [3.8, 4) is 0 Å². The number of hydrogen-bond acceptors (Lipinski definition) is 3. The maximum Gasteiger partial charge on any atom is 0.255 e. The number of H-pyrrole nitrogens is 1. The molecule has 0 saturated heterocycles. The van der Waals surface area contributed by atoms with Crippen LogP contribution >= 0.6 is 23.2 Å². The monoisotopic (exact) mass is 284 g/mol. The molecule has 2 rings (SSSR count). The molecule has 0 aliphatic rings. The molecule has 7 heteroatoms. The van der Waals surface area contributed by atoms with E-state index in [9.17, 15) is 4.79 Å². The van der Waals surface area contributed by atoms with Gasteiger partial charge in [0.05, 0.1) is 22.2 Å². The molecule has 2 aromatic rings. The average Bonchev–Trinajstić information content (AvgIpc) is 2.84. The lowest BCUT2D eigenvalue weighted by molar-refractivity contribution is 0.0782. The van der Waals surface area contributed by atoms with E-state index in [1.54, 1.807) is 25.2 Å². The standard InChI is InChI=1S/C11H10Cl2N4O/c1-17(5-9-14-6-15-16-9)11(18)7-3-2-4-8(12)10(7)13/h2-4,6H,5H2,1H3,(H,14,15,16). The highest BCUT2D eigenvalue weighted by molar-refractivity contribution is 6.43. The van der Waals surface area contributed by atoms with Gasteiger partial charge in [0.1, 0.15) is 12.2 Å². The number of amides is 1. The first-order chi connectivity index (χ1) is 8.59. The fraction of sp³-hybridized carbons (Fsp3) is 0.182. The van der Waals surface area contributed by atoms with Crippen molar-refractivity contribution >= 4 is 29.1 Å². The van der Waals surface area contributed by atoms with Crippen molar-refractivity contribution in [1.29, 1.82) is 0 Å². The molecule has 1 aromatic heterocycles. The van der Waals surface area contributed by atoms with Crippen LogP contribution in [0.4, 0.5) is 0 Å². The molecule has 0 aliphatic carbocycles. The number of nitrogens with one attached hydrogen (secondary N) is 1. The Morgan fingerprint density at radius 1 is 1.44 bits per heavy atom. The predicted molar refractivity (Wildman–Crippen MR) is 68.6 cm³/mol. The molecule has 0 atom stereocenters. The van der Waals surface area contributed by atoms with Crippen molar-refractivity contribution in [2.24, 2.45) is 0 Å². The minimum atomic E-state index is -0.223. The van der Waals surface area contributed by atoms with Crippen LogP contribution in [0, 0.1) is 0 Å². The number of halogens is 2. The first-order valence-electron chi connectivity index (χ1n) is 5.13. The number of carbonyl (C=O) groups excluding carboxylic acids is 1. The molecule has 0 unspecified atom stereocenters. The van der Waals surface area contributed by atoms with Crippen LogP contribution < -0.4 is 0 Å². The van der Waals surface area contributed by atoms with Crippen molar-refractivity contribution in [3.05, 3.63) is 46.0 Å². The van der Waals surface area contributed by atoms with Crippen LogP contribution in [-0.2, 0) is 6.54 Å². The van der Waals surface area contributed by atoms with E-state index in [0.717, 1.165) is 0 Å². The molecule has 1 amide bonds. The second-order valence-corrected chi connectivity index (χ2v) is 4.48. The van der Waals surface area contributed by atoms with Crippen molar-refractivity contribution in [3.63, 3.8) is 0 Å². The molecule has 0 bridgehead atoms. The fourth-order valence-corrected chi connectivity index (χ4v) is 1.86. The van der Waals surface area contributed by atoms with E-state index in [0.29, 0.717) is 23.0 Å². The highest BCUT2D eigenvalue weighted by Crippen LogP contribution is 2.26. The molecule has 1 aromatic carbocycles. The highest BCUT2D eigenvalue weighted by Gasteiger charge is 2.17. The largest absolute Gasteiger partial charge is 0.334 e. The van der Waals surface area contributed by atoms with Gasteiger partial charge in [-0.25, -0.2) is 4.98 Å². The van der Waals surface area contributed by atoms with Gasteiger partial charge in [0.15, 0.2) is 0 Å². The molecular weight excluding hydrogens is 275 g/mol. The zero-order valence-electron chi connectivity index (χ0n) is 9.52. The Bertz CT molecular complexity index is 556. The Morgan fingerprint density at radius 2 is 2.22 bits per heavy atom. The van der Waals surface area contributed by atoms with Gasteiger partial charge in [-0.15, -0.1) is 0 Å². The van der Waals surface area contributed by atoms with Crippen LogP contribution in [0.1, 0.15) is 16.2 Å². The van der Waals surface area contributed by atoms with Gasteiger partial charge < -0.3 is 4.90 Å². The zero-order chi connectivity index (χ0) is 13.1. The summed E-state index contributed by atoms with van der Waals surface area (Å²) in [5.41, 5.74) is 0.367. The summed E-state index contributed by atoms with van der Waals surface area (Å²) in [5, 5.41) is 7.02. The Balaban J connectivity index is 2.18. The van der Waals surface area contributed by atoms with Crippen LogP contribution in [0.15, 0.2) is 24.5 Å². The van der Waals surface area contributed by atoms with Gasteiger partial charge in [-0.2, -0.15) is 5.10 Å². The lowest BCUT2D eigenvalue weighted by Crippen LogP contribution is -2.27. The summed E-state index contributed by atoms with van der Waals surface area (Å²) in [6, 6.07) is 4.95. The molecule has 0 aliphatic heterocycles. The molecule has 1 N–H and O–H groups in total. The number of rotatable bonds is 3. The molecular formula is C11H10Cl2N4O. The van der Waals surface area contributed by atoms with Crippen LogP contribution in [0.25, 0.3) is 0 Å².